The molecular formula is C27H30N2O9. The number of fused-ring (bicyclic) bond motifs is 1. The molecule has 1 aliphatic rings. The zero-order chi connectivity index (χ0) is 27.8. The van der Waals surface area contributed by atoms with Gasteiger partial charge in [-0.05, 0) is 16.7 Å². The van der Waals surface area contributed by atoms with Gasteiger partial charge in [0.2, 0.25) is 5.91 Å². The number of benzene rings is 2. The highest BCUT2D eigenvalue weighted by molar-refractivity contribution is 5.97. The number of amides is 2. The molecule has 3 rings (SSSR count). The number of hydrogen-bond donors (Lipinski definition) is 2. The van der Waals surface area contributed by atoms with Crippen molar-refractivity contribution in [3.8, 4) is 0 Å². The number of esters is 2. The van der Waals surface area contributed by atoms with Crippen molar-refractivity contribution in [2.24, 2.45) is 11.8 Å². The summed E-state index contributed by atoms with van der Waals surface area (Å²) in [5.41, 5.74) is 2.41. The van der Waals surface area contributed by atoms with E-state index >= 15 is 0 Å². The Bertz CT molecular complexity index is 1170. The number of rotatable bonds is 9. The maximum atomic E-state index is 13.5. The first kappa shape index (κ1) is 28.2. The normalized spacial score (nSPS) is 16.0. The van der Waals surface area contributed by atoms with Gasteiger partial charge in [0, 0.05) is 12.3 Å². The summed E-state index contributed by atoms with van der Waals surface area (Å²) >= 11 is 0. The van der Waals surface area contributed by atoms with Gasteiger partial charge in [-0.15, -0.1) is 0 Å². The molecule has 0 aliphatic carbocycles. The van der Waals surface area contributed by atoms with E-state index in [0.717, 1.165) is 30.9 Å². The van der Waals surface area contributed by atoms with E-state index in [4.69, 9.17) is 4.74 Å². The van der Waals surface area contributed by atoms with Crippen LogP contribution in [0.5, 0.6) is 0 Å². The molecule has 2 N–H and O–H groups in total. The van der Waals surface area contributed by atoms with Crippen LogP contribution in [0.1, 0.15) is 23.6 Å². The van der Waals surface area contributed by atoms with E-state index in [1.54, 1.807) is 30.3 Å². The Morgan fingerprint density at radius 2 is 1.53 bits per heavy atom. The van der Waals surface area contributed by atoms with Gasteiger partial charge in [-0.2, -0.15) is 0 Å². The van der Waals surface area contributed by atoms with Gasteiger partial charge in [0.15, 0.2) is 5.92 Å². The predicted molar refractivity (Wildman–Crippen MR) is 132 cm³/mol. The largest absolute Gasteiger partial charge is 0.480 e. The van der Waals surface area contributed by atoms with Gasteiger partial charge in [0.25, 0.3) is 0 Å². The van der Waals surface area contributed by atoms with Crippen molar-refractivity contribution in [2.45, 2.75) is 38.6 Å². The number of nitrogens with zero attached hydrogens (tertiary/aromatic N) is 1. The fourth-order valence-electron chi connectivity index (χ4n) is 4.39. The summed E-state index contributed by atoms with van der Waals surface area (Å²) < 4.78 is 14.7. The monoisotopic (exact) mass is 526 g/mol. The van der Waals surface area contributed by atoms with Gasteiger partial charge >= 0.3 is 24.0 Å². The van der Waals surface area contributed by atoms with Crippen molar-refractivity contribution in [3.63, 3.8) is 0 Å². The highest BCUT2D eigenvalue weighted by Gasteiger charge is 2.44. The predicted octanol–water partition coefficient (Wildman–Crippen LogP) is 1.92. The van der Waals surface area contributed by atoms with E-state index in [9.17, 15) is 29.1 Å². The molecule has 0 spiro atoms. The van der Waals surface area contributed by atoms with Gasteiger partial charge < -0.3 is 24.6 Å². The maximum Gasteiger partial charge on any atom is 0.411 e. The van der Waals surface area contributed by atoms with Gasteiger partial charge in [-0.3, -0.25) is 19.3 Å². The second kappa shape index (κ2) is 12.7. The number of aliphatic carboxylic acids is 1. The summed E-state index contributed by atoms with van der Waals surface area (Å²) in [5.74, 6) is -7.07. The Labute approximate surface area is 219 Å². The molecule has 1 aliphatic heterocycles. The minimum atomic E-state index is -1.66. The molecule has 11 nitrogen and oxygen atoms in total. The standard InChI is InChI=1S/C27H30N2O9/c1-16(21(25(33)36-2)26(34)37-3)22(24(31)32)28-23(30)20-13-18-11-7-8-12-19(18)14-29(20)27(35)38-15-17-9-5-4-6-10-17/h4-12,16,20-22H,13-15H2,1-3H3,(H,28,30)(H,31,32)/t16-,20+,22+/m1/s1. The molecule has 2 amide bonds. The minimum absolute atomic E-state index is 0.0130. The van der Waals surface area contributed by atoms with E-state index in [0.29, 0.717) is 0 Å². The fourth-order valence-corrected chi connectivity index (χ4v) is 4.39. The zero-order valence-electron chi connectivity index (χ0n) is 21.3. The number of ether oxygens (including phenoxy) is 3. The number of hydrogen-bond acceptors (Lipinski definition) is 8. The summed E-state index contributed by atoms with van der Waals surface area (Å²) in [6.07, 6.45) is -0.633. The number of carbonyl (C=O) groups excluding carboxylic acids is 4. The van der Waals surface area contributed by atoms with Crippen molar-refractivity contribution in [3.05, 3.63) is 71.3 Å². The Morgan fingerprint density at radius 3 is 2.11 bits per heavy atom. The zero-order valence-corrected chi connectivity index (χ0v) is 21.3. The van der Waals surface area contributed by atoms with E-state index < -0.39 is 53.8 Å². The van der Waals surface area contributed by atoms with Crippen LogP contribution in [-0.4, -0.2) is 66.2 Å². The summed E-state index contributed by atoms with van der Waals surface area (Å²) in [4.78, 5) is 64.4. The summed E-state index contributed by atoms with van der Waals surface area (Å²) in [6, 6.07) is 13.5. The molecule has 3 atom stereocenters. The van der Waals surface area contributed by atoms with Crippen molar-refractivity contribution >= 4 is 29.9 Å². The van der Waals surface area contributed by atoms with Crippen LogP contribution in [0, 0.1) is 11.8 Å². The van der Waals surface area contributed by atoms with Crippen LogP contribution < -0.4 is 5.32 Å². The third-order valence-corrected chi connectivity index (χ3v) is 6.52. The first-order valence-electron chi connectivity index (χ1n) is 11.9. The first-order valence-corrected chi connectivity index (χ1v) is 11.9. The van der Waals surface area contributed by atoms with Crippen LogP contribution in [0.2, 0.25) is 0 Å². The number of carboxylic acid groups (broad SMARTS) is 1. The molecule has 0 radical (unpaired) electrons. The molecule has 0 saturated carbocycles. The Balaban J connectivity index is 1.85. The molecule has 202 valence electrons. The van der Waals surface area contributed by atoms with Gasteiger partial charge in [0.1, 0.15) is 18.7 Å². The summed E-state index contributed by atoms with van der Waals surface area (Å²) in [7, 11) is 2.11. The molecule has 11 heteroatoms. The molecule has 0 saturated heterocycles. The Morgan fingerprint density at radius 1 is 0.947 bits per heavy atom. The molecule has 0 fully saturated rings. The van der Waals surface area contributed by atoms with E-state index in [1.165, 1.54) is 11.8 Å². The molecule has 2 aromatic rings. The molecule has 0 aromatic heterocycles. The van der Waals surface area contributed by atoms with Crippen molar-refractivity contribution < 1.29 is 43.3 Å². The van der Waals surface area contributed by atoms with E-state index in [1.807, 2.05) is 24.3 Å². The minimum Gasteiger partial charge on any atom is -0.480 e. The fraction of sp³-hybridized carbons (Fsp3) is 0.370. The van der Waals surface area contributed by atoms with Crippen LogP contribution in [0.15, 0.2) is 54.6 Å². The molecule has 2 aromatic carbocycles. The smallest absolute Gasteiger partial charge is 0.411 e. The molecule has 1 heterocycles. The van der Waals surface area contributed by atoms with Crippen LogP contribution >= 0.6 is 0 Å². The average molecular weight is 527 g/mol. The third kappa shape index (κ3) is 6.47. The van der Waals surface area contributed by atoms with Crippen LogP contribution in [-0.2, 0) is 53.0 Å². The average Bonchev–Trinajstić information content (AvgIpc) is 2.93. The van der Waals surface area contributed by atoms with E-state index in [2.05, 4.69) is 14.8 Å². The highest BCUT2D eigenvalue weighted by atomic mass is 16.6. The quantitative estimate of drug-likeness (QED) is 0.284. The van der Waals surface area contributed by atoms with Gasteiger partial charge in [0.05, 0.1) is 20.8 Å². The van der Waals surface area contributed by atoms with Gasteiger partial charge in [-0.1, -0.05) is 61.5 Å². The second-order valence-corrected chi connectivity index (χ2v) is 8.86. The van der Waals surface area contributed by atoms with E-state index in [-0.39, 0.29) is 19.6 Å². The van der Waals surface area contributed by atoms with Crippen LogP contribution in [0.25, 0.3) is 0 Å². The van der Waals surface area contributed by atoms with Crippen molar-refractivity contribution in [1.82, 2.24) is 10.2 Å². The van der Waals surface area contributed by atoms with Crippen molar-refractivity contribution in [2.75, 3.05) is 14.2 Å². The number of carboxylic acids is 1. The SMILES string of the molecule is COC(=O)C(C(=O)OC)[C@@H](C)[C@H](NC(=O)[C@@H]1Cc2ccccc2CN1C(=O)OCc1ccccc1)C(=O)O. The van der Waals surface area contributed by atoms with Crippen molar-refractivity contribution in [1.29, 1.82) is 0 Å². The third-order valence-electron chi connectivity index (χ3n) is 6.52. The maximum absolute atomic E-state index is 13.5. The first-order chi connectivity index (χ1) is 18.2. The molecule has 0 unspecified atom stereocenters. The second-order valence-electron chi connectivity index (χ2n) is 8.86. The lowest BCUT2D eigenvalue weighted by Gasteiger charge is -2.36. The lowest BCUT2D eigenvalue weighted by atomic mass is 9.86. The van der Waals surface area contributed by atoms with Crippen LogP contribution in [0.3, 0.4) is 0 Å². The summed E-state index contributed by atoms with van der Waals surface area (Å²) in [5, 5.41) is 12.3. The van der Waals surface area contributed by atoms with Crippen LogP contribution in [0.4, 0.5) is 4.79 Å². The topological polar surface area (TPSA) is 149 Å². The molecule has 38 heavy (non-hydrogen) atoms. The lowest BCUT2D eigenvalue weighted by Crippen LogP contribution is -2.58. The Kier molecular flexibility index (Phi) is 9.42. The number of carbonyl (C=O) groups is 5. The molecule has 0 bridgehead atoms. The number of nitrogens with one attached hydrogen (secondary N) is 1. The molecular weight excluding hydrogens is 496 g/mol. The van der Waals surface area contributed by atoms with Gasteiger partial charge in [-0.25, -0.2) is 9.59 Å². The lowest BCUT2D eigenvalue weighted by molar-refractivity contribution is -0.163. The summed E-state index contributed by atoms with van der Waals surface area (Å²) in [6.45, 7) is 1.38. The highest BCUT2D eigenvalue weighted by Crippen LogP contribution is 2.26. The Hall–Kier alpha value is -4.41. The number of methoxy groups -OCH3 is 2.